The Morgan fingerprint density at radius 1 is 0.914 bits per heavy atom. The van der Waals surface area contributed by atoms with Gasteiger partial charge < -0.3 is 14.8 Å². The lowest BCUT2D eigenvalue weighted by atomic mass is 10.1. The predicted molar refractivity (Wildman–Crippen MR) is 140 cm³/mol. The molecule has 0 spiro atoms. The first-order valence-corrected chi connectivity index (χ1v) is 11.8. The number of nitrogens with one attached hydrogen (secondary N) is 1. The SMILES string of the molecule is CCOc1ccc(CNc2cc(=O)n(-c3ccc(OCC)cc3C)cc2-c2cnn(C)c2)c(C)c1. The van der Waals surface area contributed by atoms with Crippen LogP contribution in [0.5, 0.6) is 11.5 Å². The summed E-state index contributed by atoms with van der Waals surface area (Å²) in [6, 6.07) is 13.5. The molecule has 0 atom stereocenters. The van der Waals surface area contributed by atoms with E-state index in [1.54, 1.807) is 15.3 Å². The van der Waals surface area contributed by atoms with E-state index in [-0.39, 0.29) is 5.56 Å². The molecule has 0 aliphatic rings. The topological polar surface area (TPSA) is 70.3 Å². The highest BCUT2D eigenvalue weighted by molar-refractivity contribution is 5.76. The van der Waals surface area contributed by atoms with E-state index in [1.807, 2.05) is 76.7 Å². The summed E-state index contributed by atoms with van der Waals surface area (Å²) in [5.41, 5.74) is 6.51. The van der Waals surface area contributed by atoms with Gasteiger partial charge in [-0.25, -0.2) is 0 Å². The number of aromatic nitrogens is 3. The predicted octanol–water partition coefficient (Wildman–Crippen LogP) is 5.26. The van der Waals surface area contributed by atoms with Gasteiger partial charge in [0.15, 0.2) is 0 Å². The lowest BCUT2D eigenvalue weighted by Crippen LogP contribution is -2.19. The molecule has 2 aromatic heterocycles. The number of pyridine rings is 1. The van der Waals surface area contributed by atoms with Crippen molar-refractivity contribution in [2.45, 2.75) is 34.2 Å². The molecule has 2 heterocycles. The molecule has 7 heteroatoms. The minimum Gasteiger partial charge on any atom is -0.494 e. The highest BCUT2D eigenvalue weighted by atomic mass is 16.5. The van der Waals surface area contributed by atoms with Crippen LogP contribution in [0.1, 0.15) is 30.5 Å². The third kappa shape index (κ3) is 5.40. The van der Waals surface area contributed by atoms with Crippen LogP contribution in [0.3, 0.4) is 0 Å². The van der Waals surface area contributed by atoms with Gasteiger partial charge in [0.25, 0.3) is 5.56 Å². The first kappa shape index (κ1) is 24.1. The van der Waals surface area contributed by atoms with E-state index in [4.69, 9.17) is 9.47 Å². The van der Waals surface area contributed by atoms with Crippen molar-refractivity contribution < 1.29 is 9.47 Å². The fourth-order valence-corrected chi connectivity index (χ4v) is 4.13. The number of aryl methyl sites for hydroxylation is 3. The summed E-state index contributed by atoms with van der Waals surface area (Å²) >= 11 is 0. The number of ether oxygens (including phenoxy) is 2. The number of hydrogen-bond donors (Lipinski definition) is 1. The molecule has 4 rings (SSSR count). The van der Waals surface area contributed by atoms with Gasteiger partial charge in [0.2, 0.25) is 0 Å². The Hall–Kier alpha value is -4.00. The van der Waals surface area contributed by atoms with Gasteiger partial charge >= 0.3 is 0 Å². The van der Waals surface area contributed by atoms with Crippen molar-refractivity contribution in [3.05, 3.63) is 88.1 Å². The Balaban J connectivity index is 1.72. The van der Waals surface area contributed by atoms with Crippen molar-refractivity contribution in [2.75, 3.05) is 18.5 Å². The van der Waals surface area contributed by atoms with E-state index in [1.165, 1.54) is 0 Å². The normalized spacial score (nSPS) is 10.9. The Bertz CT molecular complexity index is 1390. The molecule has 0 unspecified atom stereocenters. The average Bonchev–Trinajstić information content (AvgIpc) is 3.25. The van der Waals surface area contributed by atoms with Crippen molar-refractivity contribution in [1.82, 2.24) is 14.3 Å². The first-order valence-electron chi connectivity index (χ1n) is 11.8. The van der Waals surface area contributed by atoms with Crippen molar-refractivity contribution in [3.63, 3.8) is 0 Å². The van der Waals surface area contributed by atoms with E-state index in [9.17, 15) is 4.79 Å². The summed E-state index contributed by atoms with van der Waals surface area (Å²) in [6.45, 7) is 9.78. The molecule has 0 saturated heterocycles. The molecule has 1 N–H and O–H groups in total. The Morgan fingerprint density at radius 3 is 2.20 bits per heavy atom. The monoisotopic (exact) mass is 472 g/mol. The van der Waals surface area contributed by atoms with Crippen LogP contribution in [0.15, 0.2) is 65.8 Å². The maximum absolute atomic E-state index is 13.2. The molecule has 0 aliphatic heterocycles. The molecule has 182 valence electrons. The Morgan fingerprint density at radius 2 is 1.60 bits per heavy atom. The lowest BCUT2D eigenvalue weighted by Gasteiger charge is -2.17. The number of anilines is 1. The van der Waals surface area contributed by atoms with Crippen LogP contribution in [0.2, 0.25) is 0 Å². The van der Waals surface area contributed by atoms with Gasteiger partial charge in [0.05, 0.1) is 25.1 Å². The minimum absolute atomic E-state index is 0.115. The van der Waals surface area contributed by atoms with E-state index in [2.05, 4.69) is 23.4 Å². The second-order valence-electron chi connectivity index (χ2n) is 8.47. The largest absolute Gasteiger partial charge is 0.494 e. The van der Waals surface area contributed by atoms with Gasteiger partial charge in [-0.1, -0.05) is 6.07 Å². The van der Waals surface area contributed by atoms with Gasteiger partial charge in [-0.05, 0) is 74.7 Å². The Kier molecular flexibility index (Phi) is 7.25. The second-order valence-corrected chi connectivity index (χ2v) is 8.47. The van der Waals surface area contributed by atoms with E-state index >= 15 is 0 Å². The zero-order valence-corrected chi connectivity index (χ0v) is 21.0. The van der Waals surface area contributed by atoms with E-state index in [0.29, 0.717) is 19.8 Å². The van der Waals surface area contributed by atoms with Gasteiger partial charge in [0, 0.05) is 48.9 Å². The summed E-state index contributed by atoms with van der Waals surface area (Å²) in [5.74, 6) is 1.65. The summed E-state index contributed by atoms with van der Waals surface area (Å²) in [6.07, 6.45) is 5.64. The highest BCUT2D eigenvalue weighted by Crippen LogP contribution is 2.29. The maximum atomic E-state index is 13.2. The number of nitrogens with zero attached hydrogens (tertiary/aromatic N) is 3. The Labute approximate surface area is 205 Å². The van der Waals surface area contributed by atoms with Crippen LogP contribution < -0.4 is 20.3 Å². The van der Waals surface area contributed by atoms with Crippen LogP contribution in [0.4, 0.5) is 5.69 Å². The molecule has 0 fully saturated rings. The average molecular weight is 473 g/mol. The van der Waals surface area contributed by atoms with Crippen LogP contribution >= 0.6 is 0 Å². The van der Waals surface area contributed by atoms with Crippen molar-refractivity contribution in [3.8, 4) is 28.3 Å². The smallest absolute Gasteiger partial charge is 0.257 e. The highest BCUT2D eigenvalue weighted by Gasteiger charge is 2.14. The van der Waals surface area contributed by atoms with Gasteiger partial charge in [-0.3, -0.25) is 14.0 Å². The van der Waals surface area contributed by atoms with Gasteiger partial charge in [-0.15, -0.1) is 0 Å². The van der Waals surface area contributed by atoms with Crippen molar-refractivity contribution >= 4 is 5.69 Å². The fraction of sp³-hybridized carbons (Fsp3) is 0.286. The summed E-state index contributed by atoms with van der Waals surface area (Å²) in [7, 11) is 1.88. The molecule has 4 aromatic rings. The zero-order valence-electron chi connectivity index (χ0n) is 21.0. The standard InChI is InChI=1S/C28H32N4O3/c1-6-34-23-9-8-21(19(3)12-23)15-29-26-14-28(33)32(18-25(26)22-16-30-31(5)17-22)27-11-10-24(35-7-2)13-20(27)4/h8-14,16-18,29H,6-7,15H2,1-5H3. The molecular weight excluding hydrogens is 440 g/mol. The van der Waals surface area contributed by atoms with Gasteiger partial charge in [-0.2, -0.15) is 5.10 Å². The molecule has 35 heavy (non-hydrogen) atoms. The number of hydrogen-bond acceptors (Lipinski definition) is 5. The van der Waals surface area contributed by atoms with Crippen molar-refractivity contribution in [1.29, 1.82) is 0 Å². The van der Waals surface area contributed by atoms with Crippen LogP contribution in [0, 0.1) is 13.8 Å². The second kappa shape index (κ2) is 10.5. The molecule has 0 aliphatic carbocycles. The molecule has 2 aromatic carbocycles. The fourth-order valence-electron chi connectivity index (χ4n) is 4.13. The van der Waals surface area contributed by atoms with Crippen LogP contribution in [-0.2, 0) is 13.6 Å². The molecule has 0 saturated carbocycles. The number of rotatable bonds is 9. The molecule has 7 nitrogen and oxygen atoms in total. The number of benzene rings is 2. The molecule has 0 bridgehead atoms. The third-order valence-electron chi connectivity index (χ3n) is 5.90. The maximum Gasteiger partial charge on any atom is 0.257 e. The first-order chi connectivity index (χ1) is 16.9. The zero-order chi connectivity index (χ0) is 24.9. The molecule has 0 radical (unpaired) electrons. The summed E-state index contributed by atoms with van der Waals surface area (Å²) in [4.78, 5) is 13.2. The van der Waals surface area contributed by atoms with Crippen LogP contribution in [-0.4, -0.2) is 27.6 Å². The molecule has 0 amide bonds. The lowest BCUT2D eigenvalue weighted by molar-refractivity contribution is 0.340. The van der Waals surface area contributed by atoms with Crippen molar-refractivity contribution in [2.24, 2.45) is 7.05 Å². The van der Waals surface area contributed by atoms with Crippen LogP contribution in [0.25, 0.3) is 16.8 Å². The summed E-state index contributed by atoms with van der Waals surface area (Å²) in [5, 5.41) is 7.82. The van der Waals surface area contributed by atoms with E-state index in [0.717, 1.165) is 50.7 Å². The molecular formula is C28H32N4O3. The minimum atomic E-state index is -0.115. The third-order valence-corrected chi connectivity index (χ3v) is 5.90. The summed E-state index contributed by atoms with van der Waals surface area (Å²) < 4.78 is 14.7. The quantitative estimate of drug-likeness (QED) is 0.360. The van der Waals surface area contributed by atoms with Gasteiger partial charge in [0.1, 0.15) is 11.5 Å². The van der Waals surface area contributed by atoms with E-state index < -0.39 is 0 Å².